The highest BCUT2D eigenvalue weighted by Crippen LogP contribution is 2.22. The second-order valence-corrected chi connectivity index (χ2v) is 5.27. The number of halogens is 2. The molecule has 0 saturated carbocycles. The average Bonchev–Trinajstić information content (AvgIpc) is 2.75. The molecule has 0 spiro atoms. The fourth-order valence-corrected chi connectivity index (χ4v) is 2.50. The molecule has 3 nitrogen and oxygen atoms in total. The first-order valence-electron chi connectivity index (χ1n) is 5.77. The van der Waals surface area contributed by atoms with Gasteiger partial charge in [-0.2, -0.15) is 0 Å². The molecule has 0 aliphatic heterocycles. The molecule has 0 atom stereocenters. The fourth-order valence-electron chi connectivity index (χ4n) is 1.75. The minimum Gasteiger partial charge on any atom is -0.293 e. The minimum atomic E-state index is -0.686. The molecule has 2 rings (SSSR count). The van der Waals surface area contributed by atoms with Crippen molar-refractivity contribution in [3.05, 3.63) is 46.0 Å². The third-order valence-electron chi connectivity index (χ3n) is 2.60. The number of hydrogen-bond donors (Lipinski definition) is 0. The summed E-state index contributed by atoms with van der Waals surface area (Å²) in [7, 11) is 0. The lowest BCUT2D eigenvalue weighted by Gasteiger charge is -2.04. The molecule has 19 heavy (non-hydrogen) atoms. The van der Waals surface area contributed by atoms with Gasteiger partial charge >= 0.3 is 0 Å². The lowest BCUT2D eigenvalue weighted by atomic mass is 10.0. The SMILES string of the molecule is CC(C)c1nnsc1C(=O)Cc1cc(F)cc(F)c1. The predicted octanol–water partition coefficient (Wildman–Crippen LogP) is 3.37. The number of hydrogen-bond acceptors (Lipinski definition) is 4. The van der Waals surface area contributed by atoms with Crippen molar-refractivity contribution in [2.24, 2.45) is 0 Å². The van der Waals surface area contributed by atoms with E-state index in [0.29, 0.717) is 16.1 Å². The van der Waals surface area contributed by atoms with Crippen LogP contribution in [0.1, 0.15) is 40.7 Å². The van der Waals surface area contributed by atoms with Crippen molar-refractivity contribution in [3.8, 4) is 0 Å². The molecule has 0 saturated heterocycles. The van der Waals surface area contributed by atoms with Crippen LogP contribution in [0.15, 0.2) is 18.2 Å². The van der Waals surface area contributed by atoms with E-state index in [0.717, 1.165) is 29.7 Å². The number of ketones is 1. The van der Waals surface area contributed by atoms with E-state index < -0.39 is 11.6 Å². The van der Waals surface area contributed by atoms with E-state index >= 15 is 0 Å². The molecule has 0 radical (unpaired) electrons. The molecule has 0 bridgehead atoms. The Kier molecular flexibility index (Phi) is 3.99. The van der Waals surface area contributed by atoms with Gasteiger partial charge in [-0.1, -0.05) is 18.3 Å². The number of carbonyl (C=O) groups excluding carboxylic acids is 1. The van der Waals surface area contributed by atoms with Gasteiger partial charge in [-0.3, -0.25) is 4.79 Å². The van der Waals surface area contributed by atoms with Crippen LogP contribution < -0.4 is 0 Å². The number of rotatable bonds is 4. The Hall–Kier alpha value is -1.69. The van der Waals surface area contributed by atoms with Crippen molar-refractivity contribution in [1.82, 2.24) is 9.59 Å². The van der Waals surface area contributed by atoms with E-state index in [1.807, 2.05) is 13.8 Å². The molecule has 0 N–H and O–H groups in total. The number of Topliss-reactive ketones (excluding diaryl/α,β-unsaturated/α-hetero) is 1. The molecule has 2 aromatic rings. The van der Waals surface area contributed by atoms with Gasteiger partial charge in [0.2, 0.25) is 0 Å². The van der Waals surface area contributed by atoms with E-state index in [1.165, 1.54) is 0 Å². The Labute approximate surface area is 113 Å². The molecule has 1 aromatic carbocycles. The Balaban J connectivity index is 2.23. The highest BCUT2D eigenvalue weighted by molar-refractivity contribution is 7.08. The van der Waals surface area contributed by atoms with Crippen LogP contribution in [0, 0.1) is 11.6 Å². The van der Waals surface area contributed by atoms with Crippen LogP contribution in [0.3, 0.4) is 0 Å². The Morgan fingerprint density at radius 1 is 1.26 bits per heavy atom. The quantitative estimate of drug-likeness (QED) is 0.807. The van der Waals surface area contributed by atoms with Crippen LogP contribution in [0.25, 0.3) is 0 Å². The number of aromatic nitrogens is 2. The average molecular weight is 282 g/mol. The van der Waals surface area contributed by atoms with Crippen LogP contribution >= 0.6 is 11.5 Å². The van der Waals surface area contributed by atoms with Gasteiger partial charge in [0, 0.05) is 12.5 Å². The molecule has 100 valence electrons. The Morgan fingerprint density at radius 3 is 2.47 bits per heavy atom. The smallest absolute Gasteiger partial charge is 0.180 e. The van der Waals surface area contributed by atoms with E-state index in [4.69, 9.17) is 0 Å². The summed E-state index contributed by atoms with van der Waals surface area (Å²) in [6.45, 7) is 3.82. The summed E-state index contributed by atoms with van der Waals surface area (Å²) in [5.41, 5.74) is 0.942. The van der Waals surface area contributed by atoms with E-state index in [9.17, 15) is 13.6 Å². The number of nitrogens with zero attached hydrogens (tertiary/aromatic N) is 2. The van der Waals surface area contributed by atoms with Crippen molar-refractivity contribution in [2.75, 3.05) is 0 Å². The van der Waals surface area contributed by atoms with Gasteiger partial charge < -0.3 is 0 Å². The standard InChI is InChI=1S/C13H12F2N2OS/c1-7(2)12-13(19-17-16-12)11(18)5-8-3-9(14)6-10(15)4-8/h3-4,6-7H,5H2,1-2H3. The van der Waals surface area contributed by atoms with Crippen LogP contribution in [0.5, 0.6) is 0 Å². The lowest BCUT2D eigenvalue weighted by Crippen LogP contribution is -2.06. The van der Waals surface area contributed by atoms with E-state index in [2.05, 4.69) is 9.59 Å². The lowest BCUT2D eigenvalue weighted by molar-refractivity contribution is 0.0995. The van der Waals surface area contributed by atoms with Crippen LogP contribution in [0.2, 0.25) is 0 Å². The third-order valence-corrected chi connectivity index (χ3v) is 3.38. The Morgan fingerprint density at radius 2 is 1.89 bits per heavy atom. The molecular weight excluding hydrogens is 270 g/mol. The molecule has 0 fully saturated rings. The number of carbonyl (C=O) groups is 1. The third kappa shape index (κ3) is 3.20. The summed E-state index contributed by atoms with van der Waals surface area (Å²) in [4.78, 5) is 12.6. The number of benzene rings is 1. The van der Waals surface area contributed by atoms with Gasteiger partial charge in [0.05, 0.1) is 5.69 Å². The second kappa shape index (κ2) is 5.52. The Bertz CT molecular complexity index is 590. The highest BCUT2D eigenvalue weighted by atomic mass is 32.1. The van der Waals surface area contributed by atoms with Gasteiger partial charge in [-0.25, -0.2) is 8.78 Å². The first-order chi connectivity index (χ1) is 8.97. The monoisotopic (exact) mass is 282 g/mol. The van der Waals surface area contributed by atoms with Crippen LogP contribution in [0.4, 0.5) is 8.78 Å². The van der Waals surface area contributed by atoms with Crippen LogP contribution in [-0.2, 0) is 6.42 Å². The second-order valence-electron chi connectivity index (χ2n) is 4.52. The maximum absolute atomic E-state index is 13.1. The first kappa shape index (κ1) is 13.7. The van der Waals surface area contributed by atoms with Crippen LogP contribution in [-0.4, -0.2) is 15.4 Å². The zero-order chi connectivity index (χ0) is 14.0. The highest BCUT2D eigenvalue weighted by Gasteiger charge is 2.19. The molecule has 0 aliphatic rings. The van der Waals surface area contributed by atoms with E-state index in [-0.39, 0.29) is 18.1 Å². The fraction of sp³-hybridized carbons (Fsp3) is 0.308. The molecule has 1 heterocycles. The molecule has 1 aromatic heterocycles. The maximum atomic E-state index is 13.1. The predicted molar refractivity (Wildman–Crippen MR) is 68.4 cm³/mol. The van der Waals surface area contributed by atoms with E-state index in [1.54, 1.807) is 0 Å². The van der Waals surface area contributed by atoms with Crippen molar-refractivity contribution < 1.29 is 13.6 Å². The summed E-state index contributed by atoms with van der Waals surface area (Å²) in [5.74, 6) is -1.51. The van der Waals surface area contributed by atoms with Crippen molar-refractivity contribution >= 4 is 17.3 Å². The first-order valence-corrected chi connectivity index (χ1v) is 6.55. The summed E-state index contributed by atoms with van der Waals surface area (Å²) in [5, 5.41) is 3.91. The van der Waals surface area contributed by atoms with Gasteiger partial charge in [0.15, 0.2) is 5.78 Å². The van der Waals surface area contributed by atoms with Crippen molar-refractivity contribution in [2.45, 2.75) is 26.2 Å². The van der Waals surface area contributed by atoms with Gasteiger partial charge in [-0.05, 0) is 35.1 Å². The summed E-state index contributed by atoms with van der Waals surface area (Å²) in [6.07, 6.45) is -0.0573. The topological polar surface area (TPSA) is 42.9 Å². The summed E-state index contributed by atoms with van der Waals surface area (Å²) >= 11 is 1.02. The largest absolute Gasteiger partial charge is 0.293 e. The normalized spacial score (nSPS) is 11.0. The maximum Gasteiger partial charge on any atom is 0.180 e. The molecule has 0 aliphatic carbocycles. The zero-order valence-corrected chi connectivity index (χ0v) is 11.3. The molecule has 0 unspecified atom stereocenters. The van der Waals surface area contributed by atoms with Gasteiger partial charge in [-0.15, -0.1) is 5.10 Å². The molecular formula is C13H12F2N2OS. The summed E-state index contributed by atoms with van der Waals surface area (Å²) in [6, 6.07) is 3.09. The summed E-state index contributed by atoms with van der Waals surface area (Å²) < 4.78 is 29.9. The van der Waals surface area contributed by atoms with Crippen molar-refractivity contribution in [1.29, 1.82) is 0 Å². The molecule has 0 amide bonds. The minimum absolute atomic E-state index is 0.0573. The van der Waals surface area contributed by atoms with Crippen molar-refractivity contribution in [3.63, 3.8) is 0 Å². The van der Waals surface area contributed by atoms with Gasteiger partial charge in [0.25, 0.3) is 0 Å². The molecule has 6 heteroatoms. The van der Waals surface area contributed by atoms with Gasteiger partial charge in [0.1, 0.15) is 16.5 Å². The zero-order valence-electron chi connectivity index (χ0n) is 10.5.